The van der Waals surface area contributed by atoms with Crippen LogP contribution in [-0.2, 0) is 4.79 Å². The number of benzene rings is 1. The highest BCUT2D eigenvalue weighted by atomic mass is 32.2. The van der Waals surface area contributed by atoms with Gasteiger partial charge in [0, 0.05) is 11.6 Å². The zero-order valence-electron chi connectivity index (χ0n) is 15.4. The molecule has 1 amide bonds. The van der Waals surface area contributed by atoms with Gasteiger partial charge < -0.3 is 14.5 Å². The van der Waals surface area contributed by atoms with Gasteiger partial charge in [-0.25, -0.2) is 4.68 Å². The molecule has 142 valence electrons. The summed E-state index contributed by atoms with van der Waals surface area (Å²) in [4.78, 5) is 12.2. The van der Waals surface area contributed by atoms with E-state index in [4.69, 9.17) is 9.15 Å². The lowest BCUT2D eigenvalue weighted by Gasteiger charge is -2.13. The van der Waals surface area contributed by atoms with Crippen molar-refractivity contribution >= 4 is 23.5 Å². The minimum Gasteiger partial charge on any atom is -0.497 e. The van der Waals surface area contributed by atoms with Crippen LogP contribution in [0.15, 0.2) is 46.2 Å². The maximum Gasteiger partial charge on any atom is 0.277 e. The third kappa shape index (κ3) is 4.68. The van der Waals surface area contributed by atoms with Gasteiger partial charge in [-0.2, -0.15) is 5.10 Å². The Labute approximate surface area is 161 Å². The number of nitrogens with zero attached hydrogens (tertiary/aromatic N) is 4. The van der Waals surface area contributed by atoms with Crippen molar-refractivity contribution in [2.45, 2.75) is 31.5 Å². The standard InChI is InChI=1S/C18H21N5O3S/c1-4-12(2)23-15(9-10-19-23)20-16(24)11-27-18-22-21-17(26-18)13-5-7-14(25-3)8-6-13/h5-10,12H,4,11H2,1-3H3,(H,20,24). The lowest BCUT2D eigenvalue weighted by Crippen LogP contribution is -2.18. The molecule has 0 saturated carbocycles. The third-order valence-corrected chi connectivity index (χ3v) is 4.83. The molecule has 0 aliphatic carbocycles. The van der Waals surface area contributed by atoms with Crippen LogP contribution in [0.2, 0.25) is 0 Å². The summed E-state index contributed by atoms with van der Waals surface area (Å²) in [5.41, 5.74) is 0.789. The van der Waals surface area contributed by atoms with E-state index in [2.05, 4.69) is 34.5 Å². The predicted octanol–water partition coefficient (Wildman–Crippen LogP) is 3.64. The van der Waals surface area contributed by atoms with Gasteiger partial charge in [-0.05, 0) is 37.6 Å². The number of hydrogen-bond acceptors (Lipinski definition) is 7. The fourth-order valence-electron chi connectivity index (χ4n) is 2.36. The summed E-state index contributed by atoms with van der Waals surface area (Å²) in [6.45, 7) is 4.13. The number of nitrogens with one attached hydrogen (secondary N) is 1. The molecule has 0 fully saturated rings. The molecule has 1 atom stereocenters. The zero-order chi connectivity index (χ0) is 19.2. The highest BCUT2D eigenvalue weighted by Crippen LogP contribution is 2.25. The Morgan fingerprint density at radius 2 is 2.07 bits per heavy atom. The van der Waals surface area contributed by atoms with Gasteiger partial charge in [0.05, 0.1) is 25.1 Å². The minimum absolute atomic E-state index is 0.158. The molecule has 1 N–H and O–H groups in total. The van der Waals surface area contributed by atoms with E-state index in [1.54, 1.807) is 24.1 Å². The van der Waals surface area contributed by atoms with Crippen molar-refractivity contribution in [3.8, 4) is 17.2 Å². The molecule has 0 aliphatic heterocycles. The monoisotopic (exact) mass is 387 g/mol. The maximum atomic E-state index is 12.2. The van der Waals surface area contributed by atoms with Crippen LogP contribution in [0.1, 0.15) is 26.3 Å². The fourth-order valence-corrected chi connectivity index (χ4v) is 2.93. The van der Waals surface area contributed by atoms with Gasteiger partial charge in [0.2, 0.25) is 11.8 Å². The Kier molecular flexibility index (Phi) is 6.12. The number of carbonyl (C=O) groups excluding carboxylic acids is 1. The van der Waals surface area contributed by atoms with Crippen LogP contribution in [0.4, 0.5) is 5.82 Å². The first kappa shape index (κ1) is 19.0. The first-order valence-electron chi connectivity index (χ1n) is 8.54. The number of hydrogen-bond donors (Lipinski definition) is 1. The Bertz CT molecular complexity index is 891. The largest absolute Gasteiger partial charge is 0.497 e. The van der Waals surface area contributed by atoms with E-state index < -0.39 is 0 Å². The van der Waals surface area contributed by atoms with Crippen molar-refractivity contribution in [2.24, 2.45) is 0 Å². The molecule has 3 aromatic rings. The SMILES string of the molecule is CCC(C)n1nccc1NC(=O)CSc1nnc(-c2ccc(OC)cc2)o1. The molecule has 3 rings (SSSR count). The van der Waals surface area contributed by atoms with Crippen LogP contribution >= 0.6 is 11.8 Å². The van der Waals surface area contributed by atoms with Crippen molar-refractivity contribution in [1.29, 1.82) is 0 Å². The van der Waals surface area contributed by atoms with Crippen LogP contribution < -0.4 is 10.1 Å². The van der Waals surface area contributed by atoms with Crippen molar-refractivity contribution in [2.75, 3.05) is 18.2 Å². The van der Waals surface area contributed by atoms with Gasteiger partial charge in [-0.15, -0.1) is 10.2 Å². The first-order valence-corrected chi connectivity index (χ1v) is 9.53. The predicted molar refractivity (Wildman–Crippen MR) is 103 cm³/mol. The molecular formula is C18H21N5O3S. The molecular weight excluding hydrogens is 366 g/mol. The van der Waals surface area contributed by atoms with Gasteiger partial charge in [-0.1, -0.05) is 18.7 Å². The van der Waals surface area contributed by atoms with Crippen molar-refractivity contribution in [3.05, 3.63) is 36.5 Å². The third-order valence-electron chi connectivity index (χ3n) is 4.02. The number of thioether (sulfide) groups is 1. The Balaban J connectivity index is 1.56. The van der Waals surface area contributed by atoms with Crippen molar-refractivity contribution in [3.63, 3.8) is 0 Å². The van der Waals surface area contributed by atoms with E-state index >= 15 is 0 Å². The molecule has 0 radical (unpaired) electrons. The molecule has 0 aliphatic rings. The lowest BCUT2D eigenvalue weighted by molar-refractivity contribution is -0.113. The molecule has 27 heavy (non-hydrogen) atoms. The van der Waals surface area contributed by atoms with Gasteiger partial charge in [0.25, 0.3) is 5.22 Å². The van der Waals surface area contributed by atoms with E-state index in [-0.39, 0.29) is 17.7 Å². The Hall–Kier alpha value is -2.81. The molecule has 8 nitrogen and oxygen atoms in total. The highest BCUT2D eigenvalue weighted by Gasteiger charge is 2.14. The summed E-state index contributed by atoms with van der Waals surface area (Å²) in [6, 6.07) is 9.31. The quantitative estimate of drug-likeness (QED) is 0.590. The number of aromatic nitrogens is 4. The molecule has 2 aromatic heterocycles. The van der Waals surface area contributed by atoms with Crippen LogP contribution in [0.5, 0.6) is 5.75 Å². The van der Waals surface area contributed by atoms with Crippen LogP contribution in [-0.4, -0.2) is 38.7 Å². The molecule has 0 bridgehead atoms. The summed E-state index contributed by atoms with van der Waals surface area (Å²) in [5.74, 6) is 1.83. The van der Waals surface area contributed by atoms with E-state index in [0.29, 0.717) is 16.9 Å². The van der Waals surface area contributed by atoms with Crippen LogP contribution in [0, 0.1) is 0 Å². The number of amides is 1. The summed E-state index contributed by atoms with van der Waals surface area (Å²) in [6.07, 6.45) is 2.60. The molecule has 9 heteroatoms. The van der Waals surface area contributed by atoms with E-state index in [0.717, 1.165) is 17.7 Å². The lowest BCUT2D eigenvalue weighted by atomic mass is 10.2. The minimum atomic E-state index is -0.158. The highest BCUT2D eigenvalue weighted by molar-refractivity contribution is 7.99. The number of ether oxygens (including phenoxy) is 1. The number of methoxy groups -OCH3 is 1. The van der Waals surface area contributed by atoms with E-state index in [1.807, 2.05) is 24.3 Å². The summed E-state index contributed by atoms with van der Waals surface area (Å²) in [5, 5.41) is 15.5. The van der Waals surface area contributed by atoms with Gasteiger partial charge >= 0.3 is 0 Å². The fraction of sp³-hybridized carbons (Fsp3) is 0.333. The molecule has 0 saturated heterocycles. The van der Waals surface area contributed by atoms with E-state index in [9.17, 15) is 4.79 Å². The van der Waals surface area contributed by atoms with Crippen LogP contribution in [0.25, 0.3) is 11.5 Å². The summed E-state index contributed by atoms with van der Waals surface area (Å²) < 4.78 is 12.5. The topological polar surface area (TPSA) is 95.1 Å². The Morgan fingerprint density at radius 1 is 1.30 bits per heavy atom. The van der Waals surface area contributed by atoms with Gasteiger partial charge in [0.15, 0.2) is 0 Å². The first-order chi connectivity index (χ1) is 13.1. The van der Waals surface area contributed by atoms with E-state index in [1.165, 1.54) is 11.8 Å². The van der Waals surface area contributed by atoms with Crippen molar-refractivity contribution < 1.29 is 13.9 Å². The Morgan fingerprint density at radius 3 is 2.78 bits per heavy atom. The summed E-state index contributed by atoms with van der Waals surface area (Å²) in [7, 11) is 1.61. The normalized spacial score (nSPS) is 12.0. The smallest absolute Gasteiger partial charge is 0.277 e. The second kappa shape index (κ2) is 8.72. The second-order valence-corrected chi connectivity index (χ2v) is 6.78. The maximum absolute atomic E-state index is 12.2. The molecule has 1 unspecified atom stereocenters. The molecule has 1 aromatic carbocycles. The van der Waals surface area contributed by atoms with Gasteiger partial charge in [-0.3, -0.25) is 4.79 Å². The second-order valence-electron chi connectivity index (χ2n) is 5.86. The number of carbonyl (C=O) groups is 1. The average Bonchev–Trinajstić information content (AvgIpc) is 3.35. The molecule has 0 spiro atoms. The van der Waals surface area contributed by atoms with Crippen molar-refractivity contribution in [1.82, 2.24) is 20.0 Å². The number of rotatable bonds is 8. The van der Waals surface area contributed by atoms with Gasteiger partial charge in [0.1, 0.15) is 11.6 Å². The molecule has 2 heterocycles. The average molecular weight is 387 g/mol. The summed E-state index contributed by atoms with van der Waals surface area (Å²) >= 11 is 1.19. The zero-order valence-corrected chi connectivity index (χ0v) is 16.2. The van der Waals surface area contributed by atoms with Crippen LogP contribution in [0.3, 0.4) is 0 Å². The number of anilines is 1.